The van der Waals surface area contributed by atoms with Crippen LogP contribution >= 0.6 is 0 Å². The van der Waals surface area contributed by atoms with Crippen LogP contribution in [0.2, 0.25) is 0 Å². The lowest BCUT2D eigenvalue weighted by molar-refractivity contribution is -0.119. The van der Waals surface area contributed by atoms with Gasteiger partial charge >= 0.3 is 6.03 Å². The maximum Gasteiger partial charge on any atom is 0.319 e. The van der Waals surface area contributed by atoms with Crippen LogP contribution in [0.5, 0.6) is 5.75 Å². The molecule has 3 amide bonds. The third-order valence-electron chi connectivity index (χ3n) is 6.27. The Bertz CT molecular complexity index is 1160. The highest BCUT2D eigenvalue weighted by molar-refractivity contribution is 5.90. The topological polar surface area (TPSA) is 79.5 Å². The molecule has 6 heteroatoms. The molecule has 33 heavy (non-hydrogen) atoms. The number of carbonyl (C=O) groups excluding carboxylic acids is 2. The fraction of sp³-hybridized carbons (Fsp3) is 0.259. The second-order valence-electron chi connectivity index (χ2n) is 8.59. The summed E-state index contributed by atoms with van der Waals surface area (Å²) in [6.45, 7) is 1.38. The molecule has 5 rings (SSSR count). The van der Waals surface area contributed by atoms with E-state index in [4.69, 9.17) is 4.74 Å². The lowest BCUT2D eigenvalue weighted by Gasteiger charge is -2.23. The summed E-state index contributed by atoms with van der Waals surface area (Å²) in [5.74, 6) is 1.13. The SMILES string of the molecule is O=C1CC(c2cccc(NC(=O)NC(c3ccccc3)c3ccc4c(c3)CCCO4)c2)CN1. The van der Waals surface area contributed by atoms with E-state index in [2.05, 4.69) is 22.0 Å². The summed E-state index contributed by atoms with van der Waals surface area (Å²) in [5.41, 5.74) is 4.95. The minimum atomic E-state index is -0.293. The van der Waals surface area contributed by atoms with E-state index in [0.717, 1.165) is 41.9 Å². The Morgan fingerprint density at radius 3 is 2.70 bits per heavy atom. The quantitative estimate of drug-likeness (QED) is 0.544. The molecule has 0 bridgehead atoms. The number of hydrogen-bond donors (Lipinski definition) is 3. The zero-order valence-electron chi connectivity index (χ0n) is 18.3. The predicted molar refractivity (Wildman–Crippen MR) is 128 cm³/mol. The van der Waals surface area contributed by atoms with Crippen molar-refractivity contribution >= 4 is 17.6 Å². The highest BCUT2D eigenvalue weighted by Crippen LogP contribution is 2.31. The van der Waals surface area contributed by atoms with Crippen LogP contribution in [0, 0.1) is 0 Å². The van der Waals surface area contributed by atoms with E-state index < -0.39 is 0 Å². The largest absolute Gasteiger partial charge is 0.493 e. The number of hydrogen-bond acceptors (Lipinski definition) is 3. The molecule has 2 atom stereocenters. The van der Waals surface area contributed by atoms with Gasteiger partial charge in [0.15, 0.2) is 0 Å². The monoisotopic (exact) mass is 441 g/mol. The van der Waals surface area contributed by atoms with Gasteiger partial charge < -0.3 is 20.7 Å². The van der Waals surface area contributed by atoms with Crippen molar-refractivity contribution in [2.75, 3.05) is 18.5 Å². The van der Waals surface area contributed by atoms with E-state index in [0.29, 0.717) is 18.7 Å². The maximum atomic E-state index is 13.0. The Morgan fingerprint density at radius 1 is 1.00 bits per heavy atom. The molecule has 2 aliphatic rings. The van der Waals surface area contributed by atoms with Gasteiger partial charge in [-0.15, -0.1) is 0 Å². The van der Waals surface area contributed by atoms with Gasteiger partial charge in [-0.05, 0) is 59.4 Å². The molecule has 0 spiro atoms. The summed E-state index contributed by atoms with van der Waals surface area (Å²) in [5, 5.41) is 8.98. The zero-order chi connectivity index (χ0) is 22.6. The number of carbonyl (C=O) groups is 2. The van der Waals surface area contributed by atoms with Gasteiger partial charge in [-0.25, -0.2) is 4.79 Å². The molecule has 168 valence electrons. The van der Waals surface area contributed by atoms with Crippen molar-refractivity contribution in [1.82, 2.24) is 10.6 Å². The summed E-state index contributed by atoms with van der Waals surface area (Å²) >= 11 is 0. The highest BCUT2D eigenvalue weighted by atomic mass is 16.5. The Balaban J connectivity index is 1.35. The second kappa shape index (κ2) is 9.36. The first-order valence-electron chi connectivity index (χ1n) is 11.4. The van der Waals surface area contributed by atoms with E-state index in [1.54, 1.807) is 0 Å². The maximum absolute atomic E-state index is 13.0. The van der Waals surface area contributed by atoms with Crippen LogP contribution in [0.1, 0.15) is 47.1 Å². The normalized spacial score (nSPS) is 17.9. The number of fused-ring (bicyclic) bond motifs is 1. The summed E-state index contributed by atoms with van der Waals surface area (Å²) in [7, 11) is 0. The number of urea groups is 1. The molecule has 0 aliphatic carbocycles. The third-order valence-corrected chi connectivity index (χ3v) is 6.27. The minimum absolute atomic E-state index is 0.0669. The molecule has 3 aromatic rings. The molecule has 3 aromatic carbocycles. The van der Waals surface area contributed by atoms with E-state index >= 15 is 0 Å². The summed E-state index contributed by atoms with van der Waals surface area (Å²) in [4.78, 5) is 24.6. The van der Waals surface area contributed by atoms with Crippen molar-refractivity contribution in [3.63, 3.8) is 0 Å². The van der Waals surface area contributed by atoms with E-state index in [1.807, 2.05) is 66.7 Å². The molecule has 3 N–H and O–H groups in total. The van der Waals surface area contributed by atoms with Gasteiger partial charge in [0.25, 0.3) is 0 Å². The number of rotatable bonds is 5. The first kappa shape index (κ1) is 21.1. The van der Waals surface area contributed by atoms with Gasteiger partial charge in [0, 0.05) is 24.6 Å². The van der Waals surface area contributed by atoms with Crippen LogP contribution in [0.3, 0.4) is 0 Å². The van der Waals surface area contributed by atoms with Crippen LogP contribution in [-0.2, 0) is 11.2 Å². The van der Waals surface area contributed by atoms with Crippen LogP contribution in [0.4, 0.5) is 10.5 Å². The van der Waals surface area contributed by atoms with Crippen molar-refractivity contribution < 1.29 is 14.3 Å². The van der Waals surface area contributed by atoms with Gasteiger partial charge in [0.05, 0.1) is 12.6 Å². The van der Waals surface area contributed by atoms with E-state index in [1.165, 1.54) is 5.56 Å². The number of ether oxygens (including phenoxy) is 1. The Hall–Kier alpha value is -3.80. The fourth-order valence-electron chi connectivity index (χ4n) is 4.57. The molecule has 2 aliphatic heterocycles. The Labute approximate surface area is 193 Å². The van der Waals surface area contributed by atoms with E-state index in [9.17, 15) is 9.59 Å². The van der Waals surface area contributed by atoms with Gasteiger partial charge in [-0.2, -0.15) is 0 Å². The number of benzene rings is 3. The number of anilines is 1. The number of aryl methyl sites for hydroxylation is 1. The molecular weight excluding hydrogens is 414 g/mol. The summed E-state index contributed by atoms with van der Waals surface area (Å²) < 4.78 is 5.76. The second-order valence-corrected chi connectivity index (χ2v) is 8.59. The van der Waals surface area contributed by atoms with Crippen molar-refractivity contribution in [3.8, 4) is 5.75 Å². The molecule has 0 radical (unpaired) electrons. The molecule has 2 heterocycles. The highest BCUT2D eigenvalue weighted by Gasteiger charge is 2.24. The van der Waals surface area contributed by atoms with Gasteiger partial charge in [-0.3, -0.25) is 4.79 Å². The molecular formula is C27H27N3O3. The average molecular weight is 442 g/mol. The standard InChI is InChI=1S/C27H27N3O3/c31-25-16-22(17-28-25)19-8-4-10-23(15-19)29-27(32)30-26(18-6-2-1-3-7-18)21-11-12-24-20(14-21)9-5-13-33-24/h1-4,6-8,10-12,14-15,22,26H,5,9,13,16-17H2,(H,28,31)(H2,29,30,32). The zero-order valence-corrected chi connectivity index (χ0v) is 18.3. The number of nitrogens with one attached hydrogen (secondary N) is 3. The predicted octanol–water partition coefficient (Wildman–Crippen LogP) is 4.53. The van der Waals surface area contributed by atoms with Crippen molar-refractivity contribution in [2.45, 2.75) is 31.2 Å². The van der Waals surface area contributed by atoms with Gasteiger partial charge in [-0.1, -0.05) is 48.5 Å². The number of amides is 3. The van der Waals surface area contributed by atoms with Crippen molar-refractivity contribution in [3.05, 3.63) is 95.1 Å². The molecule has 0 aromatic heterocycles. The van der Waals surface area contributed by atoms with Gasteiger partial charge in [0.2, 0.25) is 5.91 Å². The smallest absolute Gasteiger partial charge is 0.319 e. The fourth-order valence-corrected chi connectivity index (χ4v) is 4.57. The molecule has 1 fully saturated rings. The van der Waals surface area contributed by atoms with Crippen LogP contribution in [0.25, 0.3) is 0 Å². The average Bonchev–Trinajstić information content (AvgIpc) is 3.29. The van der Waals surface area contributed by atoms with Crippen molar-refractivity contribution in [1.29, 1.82) is 0 Å². The third kappa shape index (κ3) is 4.85. The van der Waals surface area contributed by atoms with Crippen LogP contribution in [-0.4, -0.2) is 25.1 Å². The lowest BCUT2D eigenvalue weighted by Crippen LogP contribution is -2.33. The minimum Gasteiger partial charge on any atom is -0.493 e. The van der Waals surface area contributed by atoms with Crippen molar-refractivity contribution in [2.24, 2.45) is 0 Å². The molecule has 6 nitrogen and oxygen atoms in total. The Kier molecular flexibility index (Phi) is 5.98. The summed E-state index contributed by atoms with van der Waals surface area (Å²) in [6.07, 6.45) is 2.45. The Morgan fingerprint density at radius 2 is 1.88 bits per heavy atom. The summed E-state index contributed by atoms with van der Waals surface area (Å²) in [6, 6.07) is 23.2. The van der Waals surface area contributed by atoms with Crippen LogP contribution in [0.15, 0.2) is 72.8 Å². The molecule has 0 saturated carbocycles. The van der Waals surface area contributed by atoms with Gasteiger partial charge in [0.1, 0.15) is 5.75 Å². The van der Waals surface area contributed by atoms with Crippen LogP contribution < -0.4 is 20.7 Å². The first-order chi connectivity index (χ1) is 16.2. The van der Waals surface area contributed by atoms with E-state index in [-0.39, 0.29) is 23.9 Å². The molecule has 2 unspecified atom stereocenters. The lowest BCUT2D eigenvalue weighted by atomic mass is 9.95. The first-order valence-corrected chi connectivity index (χ1v) is 11.4. The molecule has 1 saturated heterocycles.